The summed E-state index contributed by atoms with van der Waals surface area (Å²) < 4.78 is 23.2. The minimum Gasteiger partial charge on any atom is -0.496 e. The second kappa shape index (κ2) is 7.78. The van der Waals surface area contributed by atoms with Crippen molar-refractivity contribution in [2.24, 2.45) is 0 Å². The lowest BCUT2D eigenvalue weighted by molar-refractivity contribution is 0.0858. The average Bonchev–Trinajstić information content (AvgIpc) is 2.41. The van der Waals surface area contributed by atoms with Crippen LogP contribution in [0.3, 0.4) is 0 Å². The first-order chi connectivity index (χ1) is 9.54. The standard InChI is InChI=1S/C15H26O4Si/c1-7-17-20(18-8-2,19-9-3)15-11-12(4)14(16-6)10-13(15)5/h10-11H,7-9H2,1-6H3. The summed E-state index contributed by atoms with van der Waals surface area (Å²) in [5, 5.41) is 1.03. The molecule has 0 aliphatic rings. The van der Waals surface area contributed by atoms with Crippen LogP contribution in [-0.2, 0) is 13.3 Å². The van der Waals surface area contributed by atoms with Crippen LogP contribution in [-0.4, -0.2) is 35.7 Å². The van der Waals surface area contributed by atoms with E-state index in [1.165, 1.54) is 0 Å². The fourth-order valence-corrected chi connectivity index (χ4v) is 5.07. The summed E-state index contributed by atoms with van der Waals surface area (Å²) in [6.45, 7) is 11.6. The Morgan fingerprint density at radius 2 is 1.35 bits per heavy atom. The molecule has 0 bridgehead atoms. The number of methoxy groups -OCH3 is 1. The smallest absolute Gasteiger partial charge is 0.496 e. The highest BCUT2D eigenvalue weighted by Gasteiger charge is 2.44. The maximum Gasteiger partial charge on any atom is 0.537 e. The van der Waals surface area contributed by atoms with Gasteiger partial charge in [-0.25, -0.2) is 0 Å². The van der Waals surface area contributed by atoms with E-state index in [2.05, 4.69) is 6.07 Å². The van der Waals surface area contributed by atoms with E-state index < -0.39 is 8.80 Å². The van der Waals surface area contributed by atoms with Gasteiger partial charge >= 0.3 is 8.80 Å². The molecule has 0 unspecified atom stereocenters. The number of aryl methyl sites for hydroxylation is 2. The molecule has 4 nitrogen and oxygen atoms in total. The van der Waals surface area contributed by atoms with Crippen LogP contribution in [0, 0.1) is 13.8 Å². The van der Waals surface area contributed by atoms with Crippen molar-refractivity contribution in [1.82, 2.24) is 0 Å². The summed E-state index contributed by atoms with van der Waals surface area (Å²) in [6, 6.07) is 4.09. The first kappa shape index (κ1) is 17.2. The minimum atomic E-state index is -2.84. The number of hydrogen-bond acceptors (Lipinski definition) is 4. The molecule has 1 rings (SSSR count). The van der Waals surface area contributed by atoms with Crippen molar-refractivity contribution >= 4 is 14.0 Å². The average molecular weight is 298 g/mol. The Hall–Kier alpha value is -0.883. The van der Waals surface area contributed by atoms with Crippen LogP contribution in [0.5, 0.6) is 5.75 Å². The molecule has 0 amide bonds. The molecule has 0 spiro atoms. The zero-order valence-corrected chi connectivity index (χ0v) is 14.4. The first-order valence-electron chi connectivity index (χ1n) is 7.12. The van der Waals surface area contributed by atoms with Crippen molar-refractivity contribution in [1.29, 1.82) is 0 Å². The molecule has 0 N–H and O–H groups in total. The SMILES string of the molecule is CCO[Si](OCC)(OCC)c1cc(C)c(OC)cc1C. The summed E-state index contributed by atoms with van der Waals surface area (Å²) in [5.41, 5.74) is 2.14. The summed E-state index contributed by atoms with van der Waals surface area (Å²) in [6.07, 6.45) is 0. The van der Waals surface area contributed by atoms with Gasteiger partial charge < -0.3 is 18.0 Å². The zero-order valence-electron chi connectivity index (χ0n) is 13.4. The van der Waals surface area contributed by atoms with Gasteiger partial charge in [0.2, 0.25) is 0 Å². The van der Waals surface area contributed by atoms with Gasteiger partial charge in [0.05, 0.1) is 7.11 Å². The van der Waals surface area contributed by atoms with E-state index in [9.17, 15) is 0 Å². The Bertz CT molecular complexity index is 417. The molecule has 1 aromatic rings. The lowest BCUT2D eigenvalue weighted by Crippen LogP contribution is -2.58. The predicted octanol–water partition coefficient (Wildman–Crippen LogP) is 2.57. The third-order valence-electron chi connectivity index (χ3n) is 3.07. The fraction of sp³-hybridized carbons (Fsp3) is 0.600. The number of ether oxygens (including phenoxy) is 1. The monoisotopic (exact) mass is 298 g/mol. The van der Waals surface area contributed by atoms with Crippen molar-refractivity contribution in [3.8, 4) is 5.75 Å². The maximum atomic E-state index is 5.96. The molecule has 1 aromatic carbocycles. The molecule has 0 aliphatic carbocycles. The lowest BCUT2D eigenvalue weighted by Gasteiger charge is -2.30. The van der Waals surface area contributed by atoms with Crippen LogP contribution in [0.1, 0.15) is 31.9 Å². The first-order valence-corrected chi connectivity index (χ1v) is 8.84. The largest absolute Gasteiger partial charge is 0.537 e. The Morgan fingerprint density at radius 3 is 1.75 bits per heavy atom. The van der Waals surface area contributed by atoms with E-state index in [1.807, 2.05) is 40.7 Å². The van der Waals surface area contributed by atoms with Crippen LogP contribution in [0.4, 0.5) is 0 Å². The molecule has 20 heavy (non-hydrogen) atoms. The van der Waals surface area contributed by atoms with E-state index in [0.717, 1.165) is 22.1 Å². The second-order valence-electron chi connectivity index (χ2n) is 4.49. The minimum absolute atomic E-state index is 0.566. The maximum absolute atomic E-state index is 5.96. The van der Waals surface area contributed by atoms with Crippen LogP contribution in [0.15, 0.2) is 12.1 Å². The Morgan fingerprint density at radius 1 is 0.850 bits per heavy atom. The molecule has 0 aromatic heterocycles. The molecular weight excluding hydrogens is 272 g/mol. The third kappa shape index (κ3) is 3.61. The quantitative estimate of drug-likeness (QED) is 0.691. The van der Waals surface area contributed by atoms with E-state index in [1.54, 1.807) is 7.11 Å². The highest BCUT2D eigenvalue weighted by molar-refractivity contribution is 6.75. The van der Waals surface area contributed by atoms with Crippen molar-refractivity contribution in [2.45, 2.75) is 34.6 Å². The molecule has 0 heterocycles. The Kier molecular flexibility index (Phi) is 6.68. The van der Waals surface area contributed by atoms with Crippen LogP contribution in [0.25, 0.3) is 0 Å². The highest BCUT2D eigenvalue weighted by atomic mass is 28.4. The molecule has 0 saturated heterocycles. The third-order valence-corrected chi connectivity index (χ3v) is 6.28. The van der Waals surface area contributed by atoms with Gasteiger partial charge in [0.25, 0.3) is 0 Å². The fourth-order valence-electron chi connectivity index (χ4n) is 2.27. The topological polar surface area (TPSA) is 36.9 Å². The van der Waals surface area contributed by atoms with E-state index >= 15 is 0 Å². The summed E-state index contributed by atoms with van der Waals surface area (Å²) in [4.78, 5) is 0. The van der Waals surface area contributed by atoms with Gasteiger partial charge in [0, 0.05) is 25.0 Å². The normalized spacial score (nSPS) is 11.7. The van der Waals surface area contributed by atoms with E-state index in [-0.39, 0.29) is 0 Å². The Labute approximate surface area is 123 Å². The molecular formula is C15H26O4Si. The van der Waals surface area contributed by atoms with Crippen LogP contribution >= 0.6 is 0 Å². The van der Waals surface area contributed by atoms with E-state index in [4.69, 9.17) is 18.0 Å². The molecule has 5 heteroatoms. The van der Waals surface area contributed by atoms with Gasteiger partial charge in [0.15, 0.2) is 0 Å². The van der Waals surface area contributed by atoms with Gasteiger partial charge in [-0.3, -0.25) is 0 Å². The number of hydrogen-bond donors (Lipinski definition) is 0. The van der Waals surface area contributed by atoms with Gasteiger partial charge in [0.1, 0.15) is 5.75 Å². The predicted molar refractivity (Wildman–Crippen MR) is 82.7 cm³/mol. The van der Waals surface area contributed by atoms with Crippen molar-refractivity contribution in [2.75, 3.05) is 26.9 Å². The molecule has 0 fully saturated rings. The molecule has 0 radical (unpaired) electrons. The lowest BCUT2D eigenvalue weighted by atomic mass is 10.1. The summed E-state index contributed by atoms with van der Waals surface area (Å²) >= 11 is 0. The van der Waals surface area contributed by atoms with Gasteiger partial charge in [-0.1, -0.05) is 0 Å². The molecule has 0 aliphatic heterocycles. The zero-order chi connectivity index (χ0) is 15.2. The van der Waals surface area contributed by atoms with E-state index in [0.29, 0.717) is 19.8 Å². The molecule has 0 atom stereocenters. The van der Waals surface area contributed by atoms with Crippen molar-refractivity contribution in [3.63, 3.8) is 0 Å². The van der Waals surface area contributed by atoms with Gasteiger partial charge in [-0.05, 0) is 57.9 Å². The van der Waals surface area contributed by atoms with Crippen molar-refractivity contribution in [3.05, 3.63) is 23.3 Å². The summed E-state index contributed by atoms with van der Waals surface area (Å²) in [7, 11) is -1.16. The molecule has 114 valence electrons. The van der Waals surface area contributed by atoms with Crippen LogP contribution < -0.4 is 9.92 Å². The van der Waals surface area contributed by atoms with Gasteiger partial charge in [-0.15, -0.1) is 0 Å². The highest BCUT2D eigenvalue weighted by Crippen LogP contribution is 2.21. The number of benzene rings is 1. The summed E-state index contributed by atoms with van der Waals surface area (Å²) in [5.74, 6) is 0.874. The molecule has 0 saturated carbocycles. The van der Waals surface area contributed by atoms with Crippen molar-refractivity contribution < 1.29 is 18.0 Å². The van der Waals surface area contributed by atoms with Crippen LogP contribution in [0.2, 0.25) is 0 Å². The number of rotatable bonds is 8. The van der Waals surface area contributed by atoms with Gasteiger partial charge in [-0.2, -0.15) is 0 Å². The second-order valence-corrected chi connectivity index (χ2v) is 7.01. The Balaban J connectivity index is 3.35.